The maximum Gasteiger partial charge on any atom is 0.269 e. The van der Waals surface area contributed by atoms with Gasteiger partial charge in [-0.3, -0.25) is 14.2 Å². The van der Waals surface area contributed by atoms with E-state index in [1.807, 2.05) is 42.6 Å². The van der Waals surface area contributed by atoms with Crippen LogP contribution in [0.4, 0.5) is 4.39 Å². The first-order valence-electron chi connectivity index (χ1n) is 9.67. The van der Waals surface area contributed by atoms with Gasteiger partial charge >= 0.3 is 0 Å². The van der Waals surface area contributed by atoms with Gasteiger partial charge in [-0.15, -0.1) is 0 Å². The number of aryl methyl sites for hydroxylation is 1. The minimum absolute atomic E-state index is 0.108. The molecule has 3 heterocycles. The molecule has 0 aliphatic heterocycles. The number of carbonyl (C=O) groups is 1. The van der Waals surface area contributed by atoms with Crippen LogP contribution >= 0.6 is 0 Å². The number of halogens is 1. The summed E-state index contributed by atoms with van der Waals surface area (Å²) >= 11 is 0. The zero-order chi connectivity index (χ0) is 21.1. The quantitative estimate of drug-likeness (QED) is 0.524. The fraction of sp³-hybridized carbons (Fsp3) is 0.174. The fourth-order valence-corrected chi connectivity index (χ4v) is 3.31. The van der Waals surface area contributed by atoms with Crippen LogP contribution in [-0.2, 0) is 6.61 Å². The second-order valence-corrected chi connectivity index (χ2v) is 6.78. The SMILES string of the molecule is CCNC(=O)c1ccc(-c2c(C)nc3c(OCc4ccccc4F)cccn23)cn1. The van der Waals surface area contributed by atoms with Crippen LogP contribution in [0.25, 0.3) is 16.9 Å². The molecule has 152 valence electrons. The standard InChI is InChI=1S/C23H21FN4O2/c1-3-25-23(29)19-11-10-16(13-26-19)21-15(2)27-22-20(9-6-12-28(21)22)30-14-17-7-4-5-8-18(17)24/h4-13H,3,14H2,1-2H3,(H,25,29). The predicted molar refractivity (Wildman–Crippen MR) is 112 cm³/mol. The van der Waals surface area contributed by atoms with E-state index in [-0.39, 0.29) is 18.3 Å². The number of amides is 1. The monoisotopic (exact) mass is 404 g/mol. The molecular formula is C23H21FN4O2. The molecule has 6 nitrogen and oxygen atoms in total. The van der Waals surface area contributed by atoms with Crippen LogP contribution in [0, 0.1) is 12.7 Å². The average molecular weight is 404 g/mol. The molecule has 1 amide bonds. The van der Waals surface area contributed by atoms with Crippen LogP contribution in [0.3, 0.4) is 0 Å². The lowest BCUT2D eigenvalue weighted by molar-refractivity contribution is 0.0951. The van der Waals surface area contributed by atoms with E-state index in [1.54, 1.807) is 30.5 Å². The molecule has 3 aromatic heterocycles. The third-order valence-electron chi connectivity index (χ3n) is 4.74. The highest BCUT2D eigenvalue weighted by Gasteiger charge is 2.16. The number of hydrogen-bond donors (Lipinski definition) is 1. The van der Waals surface area contributed by atoms with Gasteiger partial charge in [-0.1, -0.05) is 18.2 Å². The number of pyridine rings is 2. The largest absolute Gasteiger partial charge is 0.485 e. The van der Waals surface area contributed by atoms with Gasteiger partial charge in [-0.05, 0) is 44.2 Å². The Labute approximate surface area is 173 Å². The van der Waals surface area contributed by atoms with Gasteiger partial charge in [0.2, 0.25) is 0 Å². The minimum atomic E-state index is -0.303. The first-order chi connectivity index (χ1) is 14.6. The molecule has 0 aliphatic carbocycles. The van der Waals surface area contributed by atoms with Crippen molar-refractivity contribution in [3.05, 3.63) is 83.7 Å². The van der Waals surface area contributed by atoms with Crippen molar-refractivity contribution in [3.8, 4) is 17.0 Å². The maximum atomic E-state index is 13.9. The molecule has 4 rings (SSSR count). The van der Waals surface area contributed by atoms with E-state index in [0.717, 1.165) is 17.0 Å². The first kappa shape index (κ1) is 19.6. The van der Waals surface area contributed by atoms with Crippen molar-refractivity contribution >= 4 is 11.6 Å². The molecule has 7 heteroatoms. The molecule has 0 unspecified atom stereocenters. The Hall–Kier alpha value is -3.74. The molecule has 0 bridgehead atoms. The van der Waals surface area contributed by atoms with Crippen LogP contribution in [0.15, 0.2) is 60.9 Å². The lowest BCUT2D eigenvalue weighted by atomic mass is 10.1. The normalized spacial score (nSPS) is 10.9. The van der Waals surface area contributed by atoms with Gasteiger partial charge in [0.25, 0.3) is 5.91 Å². The van der Waals surface area contributed by atoms with Gasteiger partial charge in [0.15, 0.2) is 11.4 Å². The molecule has 1 N–H and O–H groups in total. The number of carbonyl (C=O) groups excluding carboxylic acids is 1. The molecule has 0 spiro atoms. The first-order valence-corrected chi connectivity index (χ1v) is 9.67. The molecule has 1 aromatic carbocycles. The molecule has 0 atom stereocenters. The summed E-state index contributed by atoms with van der Waals surface area (Å²) in [5.74, 6) is 0.0488. The number of nitrogens with zero attached hydrogens (tertiary/aromatic N) is 3. The topological polar surface area (TPSA) is 68.5 Å². The van der Waals surface area contributed by atoms with E-state index >= 15 is 0 Å². The molecule has 0 saturated heterocycles. The number of ether oxygens (including phenoxy) is 1. The van der Waals surface area contributed by atoms with Gasteiger partial charge in [-0.25, -0.2) is 9.37 Å². The van der Waals surface area contributed by atoms with Gasteiger partial charge in [0.1, 0.15) is 18.1 Å². The molecular weight excluding hydrogens is 383 g/mol. The van der Waals surface area contributed by atoms with Gasteiger partial charge in [-0.2, -0.15) is 0 Å². The van der Waals surface area contributed by atoms with Crippen LogP contribution in [0.5, 0.6) is 5.75 Å². The Morgan fingerprint density at radius 3 is 2.73 bits per heavy atom. The van der Waals surface area contributed by atoms with E-state index < -0.39 is 0 Å². The Morgan fingerprint density at radius 2 is 2.00 bits per heavy atom. The number of rotatable bonds is 6. The van der Waals surface area contributed by atoms with Gasteiger partial charge < -0.3 is 10.1 Å². The zero-order valence-corrected chi connectivity index (χ0v) is 16.7. The second-order valence-electron chi connectivity index (χ2n) is 6.78. The Balaban J connectivity index is 1.66. The lowest BCUT2D eigenvalue weighted by Gasteiger charge is -2.09. The summed E-state index contributed by atoms with van der Waals surface area (Å²) in [4.78, 5) is 20.9. The van der Waals surface area contributed by atoms with E-state index in [9.17, 15) is 9.18 Å². The van der Waals surface area contributed by atoms with Gasteiger partial charge in [0, 0.05) is 30.1 Å². The smallest absolute Gasteiger partial charge is 0.269 e. The summed E-state index contributed by atoms with van der Waals surface area (Å²) in [6.07, 6.45) is 3.55. The summed E-state index contributed by atoms with van der Waals surface area (Å²) in [6.45, 7) is 4.42. The summed E-state index contributed by atoms with van der Waals surface area (Å²) in [5, 5.41) is 2.73. The summed E-state index contributed by atoms with van der Waals surface area (Å²) < 4.78 is 21.7. The van der Waals surface area contributed by atoms with Crippen molar-refractivity contribution in [2.75, 3.05) is 6.54 Å². The van der Waals surface area contributed by atoms with E-state index in [4.69, 9.17) is 4.74 Å². The van der Waals surface area contributed by atoms with Crippen LogP contribution in [-0.4, -0.2) is 26.8 Å². The van der Waals surface area contributed by atoms with Crippen LogP contribution in [0.1, 0.15) is 28.7 Å². The van der Waals surface area contributed by atoms with Crippen molar-refractivity contribution in [1.29, 1.82) is 0 Å². The summed E-state index contributed by atoms with van der Waals surface area (Å²) in [7, 11) is 0. The number of aromatic nitrogens is 3. The summed E-state index contributed by atoms with van der Waals surface area (Å²) in [6, 6.07) is 13.7. The van der Waals surface area contributed by atoms with Crippen LogP contribution < -0.4 is 10.1 Å². The number of nitrogens with one attached hydrogen (secondary N) is 1. The second kappa shape index (κ2) is 8.32. The van der Waals surface area contributed by atoms with Crippen molar-refractivity contribution in [1.82, 2.24) is 19.7 Å². The third kappa shape index (κ3) is 3.74. The predicted octanol–water partition coefficient (Wildman–Crippen LogP) is 4.17. The number of hydrogen-bond acceptors (Lipinski definition) is 4. The average Bonchev–Trinajstić information content (AvgIpc) is 3.10. The molecule has 30 heavy (non-hydrogen) atoms. The summed E-state index contributed by atoms with van der Waals surface area (Å²) in [5.41, 5.74) is 3.96. The number of benzene rings is 1. The fourth-order valence-electron chi connectivity index (χ4n) is 3.31. The third-order valence-corrected chi connectivity index (χ3v) is 4.74. The molecule has 0 saturated carbocycles. The number of imidazole rings is 1. The molecule has 0 fully saturated rings. The van der Waals surface area contributed by atoms with E-state index in [1.165, 1.54) is 6.07 Å². The minimum Gasteiger partial charge on any atom is -0.485 e. The Morgan fingerprint density at radius 1 is 1.17 bits per heavy atom. The van der Waals surface area contributed by atoms with E-state index in [0.29, 0.717) is 29.2 Å². The Kier molecular flexibility index (Phi) is 5.43. The molecule has 0 radical (unpaired) electrons. The zero-order valence-electron chi connectivity index (χ0n) is 16.7. The van der Waals surface area contributed by atoms with Crippen molar-refractivity contribution < 1.29 is 13.9 Å². The van der Waals surface area contributed by atoms with Gasteiger partial charge in [0.05, 0.1) is 11.4 Å². The highest BCUT2D eigenvalue weighted by atomic mass is 19.1. The van der Waals surface area contributed by atoms with Crippen molar-refractivity contribution in [3.63, 3.8) is 0 Å². The highest BCUT2D eigenvalue weighted by Crippen LogP contribution is 2.29. The molecule has 0 aliphatic rings. The van der Waals surface area contributed by atoms with Crippen molar-refractivity contribution in [2.24, 2.45) is 0 Å². The van der Waals surface area contributed by atoms with Crippen molar-refractivity contribution in [2.45, 2.75) is 20.5 Å². The Bertz CT molecular complexity index is 1200. The maximum absolute atomic E-state index is 13.9. The van der Waals surface area contributed by atoms with Crippen LogP contribution in [0.2, 0.25) is 0 Å². The lowest BCUT2D eigenvalue weighted by Crippen LogP contribution is -2.23. The molecule has 4 aromatic rings. The highest BCUT2D eigenvalue weighted by molar-refractivity contribution is 5.92. The van der Waals surface area contributed by atoms with E-state index in [2.05, 4.69) is 15.3 Å². The number of fused-ring (bicyclic) bond motifs is 1.